The van der Waals surface area contributed by atoms with Crippen LogP contribution in [0, 0.1) is 0 Å². The Morgan fingerprint density at radius 3 is 2.47 bits per heavy atom. The Hall–Kier alpha value is -0.890. The van der Waals surface area contributed by atoms with Crippen molar-refractivity contribution >= 4 is 10.0 Å². The van der Waals surface area contributed by atoms with E-state index in [0.717, 1.165) is 13.1 Å². The van der Waals surface area contributed by atoms with E-state index in [9.17, 15) is 8.42 Å². The van der Waals surface area contributed by atoms with Crippen LogP contribution in [0.5, 0.6) is 0 Å². The Morgan fingerprint density at radius 1 is 1.26 bits per heavy atom. The highest BCUT2D eigenvalue weighted by atomic mass is 32.2. The number of sulfonamides is 1. The Morgan fingerprint density at radius 2 is 1.95 bits per heavy atom. The van der Waals surface area contributed by atoms with Gasteiger partial charge < -0.3 is 10.1 Å². The molecule has 1 saturated carbocycles. The number of aromatic amines is 1. The molecule has 7 heteroatoms. The fraction of sp³-hybridized carbons (Fsp3) is 0.667. The molecule has 1 aliphatic carbocycles. The van der Waals surface area contributed by atoms with Crippen molar-refractivity contribution in [2.45, 2.75) is 30.4 Å². The van der Waals surface area contributed by atoms with E-state index in [4.69, 9.17) is 5.11 Å². The molecule has 2 fully saturated rings. The van der Waals surface area contributed by atoms with Crippen LogP contribution < -0.4 is 0 Å². The molecule has 2 heterocycles. The minimum absolute atomic E-state index is 0.176. The molecule has 6 nitrogen and oxygen atoms in total. The summed E-state index contributed by atoms with van der Waals surface area (Å²) < 4.78 is 26.4. The number of aliphatic hydroxyl groups excluding tert-OH is 1. The highest BCUT2D eigenvalue weighted by Crippen LogP contribution is 2.28. The molecule has 0 aromatic carbocycles. The van der Waals surface area contributed by atoms with Gasteiger partial charge in [0.05, 0.1) is 11.5 Å². The Bertz CT molecular complexity index is 542. The lowest BCUT2D eigenvalue weighted by Gasteiger charge is -2.33. The number of nitrogens with one attached hydrogen (secondary N) is 1. The molecule has 0 amide bonds. The highest BCUT2D eigenvalue weighted by molar-refractivity contribution is 7.89. The predicted octanol–water partition coefficient (Wildman–Crippen LogP) is -0.0243. The molecule has 2 N–H and O–H groups in total. The highest BCUT2D eigenvalue weighted by Gasteiger charge is 2.35. The smallest absolute Gasteiger partial charge is 0.244 e. The van der Waals surface area contributed by atoms with Crippen LogP contribution in [-0.4, -0.2) is 59.9 Å². The zero-order chi connectivity index (χ0) is 13.5. The second-order valence-corrected chi connectivity index (χ2v) is 7.13. The van der Waals surface area contributed by atoms with Crippen LogP contribution in [0.1, 0.15) is 18.5 Å². The standard InChI is InChI=1S/C12H19N3O3S/c16-9-10-7-12(8-13-10)19(17,18)15-5-3-14(4-6-15)11-1-2-11/h7-8,11,13,16H,1-6,9H2. The Balaban J connectivity index is 1.70. The molecule has 1 aromatic rings. The van der Waals surface area contributed by atoms with Gasteiger partial charge in [0.15, 0.2) is 0 Å². The van der Waals surface area contributed by atoms with Gasteiger partial charge in [-0.3, -0.25) is 4.90 Å². The van der Waals surface area contributed by atoms with E-state index in [-0.39, 0.29) is 11.5 Å². The van der Waals surface area contributed by atoms with Gasteiger partial charge in [0.2, 0.25) is 10.0 Å². The van der Waals surface area contributed by atoms with E-state index in [1.165, 1.54) is 29.4 Å². The predicted molar refractivity (Wildman–Crippen MR) is 70.1 cm³/mol. The van der Waals surface area contributed by atoms with Crippen LogP contribution in [0.25, 0.3) is 0 Å². The quantitative estimate of drug-likeness (QED) is 0.815. The SMILES string of the molecule is O=S(=O)(c1c[nH]c(CO)c1)N1CCN(C2CC2)CC1. The minimum atomic E-state index is -3.42. The first-order valence-electron chi connectivity index (χ1n) is 6.63. The van der Waals surface area contributed by atoms with Crippen molar-refractivity contribution in [1.29, 1.82) is 0 Å². The van der Waals surface area contributed by atoms with Gasteiger partial charge in [0.1, 0.15) is 0 Å². The number of piperazine rings is 1. The van der Waals surface area contributed by atoms with Crippen LogP contribution in [0.2, 0.25) is 0 Å². The van der Waals surface area contributed by atoms with Gasteiger partial charge in [0, 0.05) is 44.1 Å². The van der Waals surface area contributed by atoms with Gasteiger partial charge in [-0.05, 0) is 18.9 Å². The first kappa shape index (κ1) is 13.1. The van der Waals surface area contributed by atoms with Crippen LogP contribution in [0.4, 0.5) is 0 Å². The largest absolute Gasteiger partial charge is 0.390 e. The number of hydrogen-bond donors (Lipinski definition) is 2. The number of H-pyrrole nitrogens is 1. The van der Waals surface area contributed by atoms with Gasteiger partial charge in [-0.2, -0.15) is 4.31 Å². The second-order valence-electron chi connectivity index (χ2n) is 5.19. The summed E-state index contributed by atoms with van der Waals surface area (Å²) in [6.07, 6.45) is 3.96. The summed E-state index contributed by atoms with van der Waals surface area (Å²) in [6.45, 7) is 2.57. The van der Waals surface area contributed by atoms with Crippen LogP contribution in [0.15, 0.2) is 17.2 Å². The third kappa shape index (κ3) is 2.55. The van der Waals surface area contributed by atoms with Gasteiger partial charge in [0.25, 0.3) is 0 Å². The molecule has 3 rings (SSSR count). The van der Waals surface area contributed by atoms with Crippen LogP contribution in [0.3, 0.4) is 0 Å². The molecule has 0 radical (unpaired) electrons. The molecule has 0 spiro atoms. The summed E-state index contributed by atoms with van der Waals surface area (Å²) in [5.74, 6) is 0. The van der Waals surface area contributed by atoms with Gasteiger partial charge in [-0.1, -0.05) is 0 Å². The molecule has 1 saturated heterocycles. The van der Waals surface area contributed by atoms with Crippen molar-refractivity contribution in [2.75, 3.05) is 26.2 Å². The molecule has 1 aliphatic heterocycles. The Labute approximate surface area is 113 Å². The van der Waals surface area contributed by atoms with Crippen molar-refractivity contribution < 1.29 is 13.5 Å². The van der Waals surface area contributed by atoms with Gasteiger partial charge >= 0.3 is 0 Å². The zero-order valence-electron chi connectivity index (χ0n) is 10.7. The van der Waals surface area contributed by atoms with E-state index in [1.54, 1.807) is 0 Å². The fourth-order valence-corrected chi connectivity index (χ4v) is 4.00. The average molecular weight is 285 g/mol. The summed E-state index contributed by atoms with van der Waals surface area (Å²) in [7, 11) is -3.42. The zero-order valence-corrected chi connectivity index (χ0v) is 11.6. The van der Waals surface area contributed by atoms with Crippen molar-refractivity contribution in [2.24, 2.45) is 0 Å². The van der Waals surface area contributed by atoms with Crippen molar-refractivity contribution in [3.05, 3.63) is 18.0 Å². The van der Waals surface area contributed by atoms with E-state index in [2.05, 4.69) is 9.88 Å². The molecule has 1 aromatic heterocycles. The van der Waals surface area contributed by atoms with E-state index in [1.807, 2.05) is 0 Å². The molecule has 19 heavy (non-hydrogen) atoms. The lowest BCUT2D eigenvalue weighted by molar-refractivity contribution is 0.180. The molecular weight excluding hydrogens is 266 g/mol. The molecule has 106 valence electrons. The molecule has 0 bridgehead atoms. The lowest BCUT2D eigenvalue weighted by atomic mass is 10.3. The van der Waals surface area contributed by atoms with Gasteiger partial charge in [-0.25, -0.2) is 8.42 Å². The van der Waals surface area contributed by atoms with Crippen molar-refractivity contribution in [1.82, 2.24) is 14.2 Å². The fourth-order valence-electron chi connectivity index (χ4n) is 2.56. The van der Waals surface area contributed by atoms with E-state index in [0.29, 0.717) is 24.8 Å². The number of rotatable bonds is 4. The van der Waals surface area contributed by atoms with Crippen LogP contribution >= 0.6 is 0 Å². The molecular formula is C12H19N3O3S. The number of nitrogens with zero attached hydrogens (tertiary/aromatic N) is 2. The maximum absolute atomic E-state index is 12.4. The summed E-state index contributed by atoms with van der Waals surface area (Å²) >= 11 is 0. The lowest BCUT2D eigenvalue weighted by Crippen LogP contribution is -2.49. The monoisotopic (exact) mass is 285 g/mol. The third-order valence-corrected chi connectivity index (χ3v) is 5.74. The maximum Gasteiger partial charge on any atom is 0.244 e. The summed E-state index contributed by atoms with van der Waals surface area (Å²) in [4.78, 5) is 5.40. The summed E-state index contributed by atoms with van der Waals surface area (Å²) in [5, 5.41) is 8.98. The van der Waals surface area contributed by atoms with Crippen LogP contribution in [-0.2, 0) is 16.6 Å². The molecule has 0 atom stereocenters. The number of aromatic nitrogens is 1. The topological polar surface area (TPSA) is 76.6 Å². The number of aliphatic hydroxyl groups is 1. The Kier molecular flexibility index (Phi) is 3.38. The second kappa shape index (κ2) is 4.90. The number of hydrogen-bond acceptors (Lipinski definition) is 4. The van der Waals surface area contributed by atoms with E-state index >= 15 is 0 Å². The summed E-state index contributed by atoms with van der Waals surface area (Å²) in [6, 6.07) is 2.20. The molecule has 2 aliphatic rings. The normalized spacial score (nSPS) is 22.8. The summed E-state index contributed by atoms with van der Waals surface area (Å²) in [5.41, 5.74) is 0.523. The third-order valence-electron chi connectivity index (χ3n) is 3.86. The van der Waals surface area contributed by atoms with E-state index < -0.39 is 10.0 Å². The van der Waals surface area contributed by atoms with Crippen molar-refractivity contribution in [3.63, 3.8) is 0 Å². The first-order chi connectivity index (χ1) is 9.11. The molecule has 0 unspecified atom stereocenters. The van der Waals surface area contributed by atoms with Crippen molar-refractivity contribution in [3.8, 4) is 0 Å². The van der Waals surface area contributed by atoms with Gasteiger partial charge in [-0.15, -0.1) is 0 Å². The maximum atomic E-state index is 12.4. The first-order valence-corrected chi connectivity index (χ1v) is 8.07. The minimum Gasteiger partial charge on any atom is -0.390 e. The average Bonchev–Trinajstić information content (AvgIpc) is 3.15.